The second-order valence-corrected chi connectivity index (χ2v) is 6.58. The van der Waals surface area contributed by atoms with Gasteiger partial charge in [0.2, 0.25) is 17.6 Å². The number of ether oxygens (including phenoxy) is 1. The van der Waals surface area contributed by atoms with Crippen LogP contribution in [0.1, 0.15) is 51.5 Å². The monoisotopic (exact) mass is 360 g/mol. The molecule has 0 saturated heterocycles. The summed E-state index contributed by atoms with van der Waals surface area (Å²) in [7, 11) is 1.61. The molecule has 0 aliphatic rings. The van der Waals surface area contributed by atoms with Crippen LogP contribution in [0.4, 0.5) is 0 Å². The Morgan fingerprint density at radius 3 is 2.81 bits per heavy atom. The average molecular weight is 360 g/mol. The second-order valence-electron chi connectivity index (χ2n) is 6.58. The van der Waals surface area contributed by atoms with Gasteiger partial charge in [0.1, 0.15) is 11.8 Å². The van der Waals surface area contributed by atoms with Crippen molar-refractivity contribution in [2.45, 2.75) is 45.6 Å². The highest BCUT2D eigenvalue weighted by Gasteiger charge is 2.24. The number of hydrogen-bond donors (Lipinski definition) is 2. The molecule has 0 saturated carbocycles. The normalized spacial score (nSPS) is 12.2. The molecule has 7 heteroatoms. The van der Waals surface area contributed by atoms with Gasteiger partial charge in [-0.25, -0.2) is 0 Å². The molecule has 0 aliphatic heterocycles. The SMILES string of the molecule is COc1cccc(-c2noc(C(NC(=O)CCCCCN)C(C)C)n2)c1. The van der Waals surface area contributed by atoms with E-state index in [2.05, 4.69) is 15.5 Å². The number of carbonyl (C=O) groups is 1. The van der Waals surface area contributed by atoms with Gasteiger partial charge >= 0.3 is 0 Å². The Bertz CT molecular complexity index is 700. The number of nitrogens with two attached hydrogens (primary N) is 1. The number of rotatable bonds is 10. The number of hydrogen-bond acceptors (Lipinski definition) is 6. The Balaban J connectivity index is 2.06. The number of benzene rings is 1. The lowest BCUT2D eigenvalue weighted by Gasteiger charge is -2.18. The zero-order valence-electron chi connectivity index (χ0n) is 15.7. The molecule has 26 heavy (non-hydrogen) atoms. The summed E-state index contributed by atoms with van der Waals surface area (Å²) in [6.45, 7) is 4.68. The first kappa shape index (κ1) is 19.9. The summed E-state index contributed by atoms with van der Waals surface area (Å²) in [5.41, 5.74) is 6.28. The van der Waals surface area contributed by atoms with Gasteiger partial charge in [0.15, 0.2) is 0 Å². The number of nitrogens with zero attached hydrogens (tertiary/aromatic N) is 2. The van der Waals surface area contributed by atoms with Crippen molar-refractivity contribution >= 4 is 5.91 Å². The van der Waals surface area contributed by atoms with Gasteiger partial charge in [0.05, 0.1) is 7.11 Å². The minimum atomic E-state index is -0.316. The molecule has 1 atom stereocenters. The van der Waals surface area contributed by atoms with Crippen molar-refractivity contribution < 1.29 is 14.1 Å². The summed E-state index contributed by atoms with van der Waals surface area (Å²) >= 11 is 0. The molecule has 1 amide bonds. The highest BCUT2D eigenvalue weighted by atomic mass is 16.5. The predicted octanol–water partition coefficient (Wildman–Crippen LogP) is 3.08. The van der Waals surface area contributed by atoms with Crippen molar-refractivity contribution in [3.8, 4) is 17.1 Å². The van der Waals surface area contributed by atoms with Crippen molar-refractivity contribution in [1.29, 1.82) is 0 Å². The molecule has 0 bridgehead atoms. The van der Waals surface area contributed by atoms with Crippen LogP contribution < -0.4 is 15.8 Å². The Hall–Kier alpha value is -2.41. The van der Waals surface area contributed by atoms with Crippen LogP contribution in [0, 0.1) is 5.92 Å². The van der Waals surface area contributed by atoms with Gasteiger partial charge in [0, 0.05) is 12.0 Å². The standard InChI is InChI=1S/C19H28N4O3/c1-13(2)17(21-16(24)10-5-4-6-11-20)19-22-18(23-26-19)14-8-7-9-15(12-14)25-3/h7-9,12-13,17H,4-6,10-11,20H2,1-3H3,(H,21,24). The lowest BCUT2D eigenvalue weighted by Crippen LogP contribution is -2.31. The number of carbonyl (C=O) groups excluding carboxylic acids is 1. The van der Waals surface area contributed by atoms with E-state index in [1.165, 1.54) is 0 Å². The van der Waals surface area contributed by atoms with E-state index < -0.39 is 0 Å². The predicted molar refractivity (Wildman–Crippen MR) is 99.5 cm³/mol. The number of amides is 1. The summed E-state index contributed by atoms with van der Waals surface area (Å²) < 4.78 is 10.7. The lowest BCUT2D eigenvalue weighted by molar-refractivity contribution is -0.122. The molecular formula is C19H28N4O3. The highest BCUT2D eigenvalue weighted by molar-refractivity contribution is 5.76. The Morgan fingerprint density at radius 2 is 2.12 bits per heavy atom. The van der Waals surface area contributed by atoms with Crippen LogP contribution in [0.5, 0.6) is 5.75 Å². The van der Waals surface area contributed by atoms with E-state index in [0.717, 1.165) is 30.6 Å². The fraction of sp³-hybridized carbons (Fsp3) is 0.526. The van der Waals surface area contributed by atoms with Crippen molar-refractivity contribution in [2.75, 3.05) is 13.7 Å². The van der Waals surface area contributed by atoms with E-state index in [1.807, 2.05) is 38.1 Å². The molecule has 1 heterocycles. The molecule has 1 aromatic carbocycles. The van der Waals surface area contributed by atoms with E-state index in [9.17, 15) is 4.79 Å². The summed E-state index contributed by atoms with van der Waals surface area (Å²) in [5, 5.41) is 7.06. The van der Waals surface area contributed by atoms with E-state index in [4.69, 9.17) is 15.0 Å². The molecule has 0 radical (unpaired) electrons. The van der Waals surface area contributed by atoms with Gasteiger partial charge < -0.3 is 20.3 Å². The zero-order chi connectivity index (χ0) is 18.9. The van der Waals surface area contributed by atoms with E-state index in [-0.39, 0.29) is 17.9 Å². The van der Waals surface area contributed by atoms with Crippen molar-refractivity contribution in [3.05, 3.63) is 30.2 Å². The van der Waals surface area contributed by atoms with Crippen LogP contribution in [-0.2, 0) is 4.79 Å². The summed E-state index contributed by atoms with van der Waals surface area (Å²) in [4.78, 5) is 16.7. The van der Waals surface area contributed by atoms with Gasteiger partial charge in [0.25, 0.3) is 0 Å². The topological polar surface area (TPSA) is 103 Å². The molecule has 2 rings (SSSR count). The first-order chi connectivity index (χ1) is 12.5. The van der Waals surface area contributed by atoms with Crippen LogP contribution in [-0.4, -0.2) is 29.7 Å². The molecule has 0 aliphatic carbocycles. The average Bonchev–Trinajstić information content (AvgIpc) is 3.13. The van der Waals surface area contributed by atoms with Crippen LogP contribution in [0.2, 0.25) is 0 Å². The van der Waals surface area contributed by atoms with Crippen LogP contribution in [0.15, 0.2) is 28.8 Å². The third-order valence-electron chi connectivity index (χ3n) is 4.13. The minimum Gasteiger partial charge on any atom is -0.497 e. The summed E-state index contributed by atoms with van der Waals surface area (Å²) in [5.74, 6) is 1.72. The quantitative estimate of drug-likeness (QED) is 0.631. The van der Waals surface area contributed by atoms with Gasteiger partial charge in [-0.1, -0.05) is 37.6 Å². The molecule has 1 aromatic heterocycles. The minimum absolute atomic E-state index is 0.0122. The maximum absolute atomic E-state index is 12.2. The van der Waals surface area contributed by atoms with E-state index in [0.29, 0.717) is 24.7 Å². The fourth-order valence-corrected chi connectivity index (χ4v) is 2.61. The van der Waals surface area contributed by atoms with Crippen LogP contribution >= 0.6 is 0 Å². The summed E-state index contributed by atoms with van der Waals surface area (Å²) in [6.07, 6.45) is 3.19. The molecule has 1 unspecified atom stereocenters. The Labute approximate surface area is 154 Å². The summed E-state index contributed by atoms with van der Waals surface area (Å²) in [6, 6.07) is 7.13. The van der Waals surface area contributed by atoms with Crippen molar-refractivity contribution in [2.24, 2.45) is 11.7 Å². The lowest BCUT2D eigenvalue weighted by atomic mass is 10.0. The molecule has 2 aromatic rings. The number of nitrogens with one attached hydrogen (secondary N) is 1. The first-order valence-corrected chi connectivity index (χ1v) is 9.02. The number of methoxy groups -OCH3 is 1. The van der Waals surface area contributed by atoms with Gasteiger partial charge in [-0.3, -0.25) is 4.79 Å². The van der Waals surface area contributed by atoms with E-state index >= 15 is 0 Å². The zero-order valence-corrected chi connectivity index (χ0v) is 15.7. The highest BCUT2D eigenvalue weighted by Crippen LogP contribution is 2.25. The van der Waals surface area contributed by atoms with Crippen molar-refractivity contribution in [1.82, 2.24) is 15.5 Å². The molecule has 0 fully saturated rings. The van der Waals surface area contributed by atoms with Gasteiger partial charge in [-0.2, -0.15) is 4.98 Å². The van der Waals surface area contributed by atoms with Gasteiger partial charge in [-0.05, 0) is 37.4 Å². The van der Waals surface area contributed by atoms with Gasteiger partial charge in [-0.15, -0.1) is 0 Å². The molecular weight excluding hydrogens is 332 g/mol. The third kappa shape index (κ3) is 5.56. The Morgan fingerprint density at radius 1 is 1.31 bits per heavy atom. The molecule has 3 N–H and O–H groups in total. The number of unbranched alkanes of at least 4 members (excludes halogenated alkanes) is 2. The molecule has 142 valence electrons. The smallest absolute Gasteiger partial charge is 0.249 e. The first-order valence-electron chi connectivity index (χ1n) is 9.02. The number of aromatic nitrogens is 2. The Kier molecular flexibility index (Phi) is 7.59. The maximum Gasteiger partial charge on any atom is 0.249 e. The largest absolute Gasteiger partial charge is 0.497 e. The van der Waals surface area contributed by atoms with Crippen molar-refractivity contribution in [3.63, 3.8) is 0 Å². The second kappa shape index (κ2) is 9.91. The maximum atomic E-state index is 12.2. The van der Waals surface area contributed by atoms with E-state index in [1.54, 1.807) is 7.11 Å². The molecule has 0 spiro atoms. The fourth-order valence-electron chi connectivity index (χ4n) is 2.61. The van der Waals surface area contributed by atoms with Crippen LogP contribution in [0.25, 0.3) is 11.4 Å². The third-order valence-corrected chi connectivity index (χ3v) is 4.13. The van der Waals surface area contributed by atoms with Crippen LogP contribution in [0.3, 0.4) is 0 Å². The molecule has 7 nitrogen and oxygen atoms in total.